The van der Waals surface area contributed by atoms with E-state index >= 15 is 0 Å². The molecule has 174 valence electrons. The van der Waals surface area contributed by atoms with E-state index in [1.54, 1.807) is 0 Å². The molecule has 0 aliphatic heterocycles. The molecule has 0 saturated carbocycles. The molecule has 13 heteroatoms. The smallest absolute Gasteiger partial charge is 0.405 e. The zero-order valence-electron chi connectivity index (χ0n) is 16.1. The van der Waals surface area contributed by atoms with Crippen LogP contribution < -0.4 is 0 Å². The van der Waals surface area contributed by atoms with Crippen molar-refractivity contribution in [1.82, 2.24) is 0 Å². The highest BCUT2D eigenvalue weighted by Crippen LogP contribution is 2.42. The fraction of sp³-hybridized carbons (Fsp3) is 0.938. The maximum Gasteiger partial charge on any atom is 0.405 e. The number of aliphatic carboxylic acids is 1. The summed E-state index contributed by atoms with van der Waals surface area (Å²) in [5.41, 5.74) is -4.83. The van der Waals surface area contributed by atoms with Crippen molar-refractivity contribution in [2.24, 2.45) is 11.8 Å². The van der Waals surface area contributed by atoms with Crippen LogP contribution in [-0.2, 0) is 14.3 Å². The monoisotopic (exact) mass is 450 g/mol. The van der Waals surface area contributed by atoms with Crippen molar-refractivity contribution < 1.29 is 58.9 Å². The molecule has 0 heterocycles. The minimum atomic E-state index is -5.31. The second kappa shape index (κ2) is 9.27. The Balaban J connectivity index is 5.61. The van der Waals surface area contributed by atoms with Crippen molar-refractivity contribution in [1.29, 1.82) is 0 Å². The maximum atomic E-state index is 13.5. The summed E-state index contributed by atoms with van der Waals surface area (Å²) in [6, 6.07) is 0. The predicted molar refractivity (Wildman–Crippen MR) is 82.1 cm³/mol. The summed E-state index contributed by atoms with van der Waals surface area (Å²) in [4.78, 5) is 11.0. The van der Waals surface area contributed by atoms with Crippen LogP contribution in [0.4, 0.5) is 39.5 Å². The number of halogens is 9. The Labute approximate surface area is 161 Å². The highest BCUT2D eigenvalue weighted by molar-refractivity contribution is 5.72. The summed E-state index contributed by atoms with van der Waals surface area (Å²) in [5, 5.41) is 8.81. The number of hydrogen-bond donors (Lipinski definition) is 1. The molecule has 0 radical (unpaired) electrons. The van der Waals surface area contributed by atoms with E-state index in [1.165, 1.54) is 6.92 Å². The van der Waals surface area contributed by atoms with Crippen LogP contribution in [0, 0.1) is 11.8 Å². The fourth-order valence-corrected chi connectivity index (χ4v) is 2.68. The van der Waals surface area contributed by atoms with Crippen molar-refractivity contribution >= 4 is 5.97 Å². The molecule has 0 saturated heterocycles. The Morgan fingerprint density at radius 2 is 1.38 bits per heavy atom. The molecule has 0 aliphatic carbocycles. The van der Waals surface area contributed by atoms with Gasteiger partial charge in [-0.15, -0.1) is 0 Å². The summed E-state index contributed by atoms with van der Waals surface area (Å²) in [7, 11) is 0. The molecule has 0 rings (SSSR count). The first-order valence-electron chi connectivity index (χ1n) is 8.38. The van der Waals surface area contributed by atoms with E-state index in [-0.39, 0.29) is 0 Å². The van der Waals surface area contributed by atoms with Crippen LogP contribution in [0.2, 0.25) is 0 Å². The van der Waals surface area contributed by atoms with E-state index in [4.69, 9.17) is 14.6 Å². The lowest BCUT2D eigenvalue weighted by Gasteiger charge is -2.40. The highest BCUT2D eigenvalue weighted by Gasteiger charge is 2.57. The van der Waals surface area contributed by atoms with Gasteiger partial charge in [-0.1, -0.05) is 6.92 Å². The Morgan fingerprint density at radius 1 is 0.897 bits per heavy atom. The zero-order chi connectivity index (χ0) is 23.5. The van der Waals surface area contributed by atoms with Crippen LogP contribution in [0.1, 0.15) is 40.5 Å². The first-order chi connectivity index (χ1) is 12.7. The average Bonchev–Trinajstić information content (AvgIpc) is 2.41. The van der Waals surface area contributed by atoms with E-state index in [9.17, 15) is 44.3 Å². The molecule has 0 spiro atoms. The topological polar surface area (TPSA) is 55.8 Å². The van der Waals surface area contributed by atoms with Crippen molar-refractivity contribution in [3.63, 3.8) is 0 Å². The van der Waals surface area contributed by atoms with Gasteiger partial charge in [0.1, 0.15) is 5.92 Å². The lowest BCUT2D eigenvalue weighted by Crippen LogP contribution is -2.53. The average molecular weight is 450 g/mol. The van der Waals surface area contributed by atoms with Gasteiger partial charge in [0, 0.05) is 0 Å². The number of carboxylic acids is 1. The molecular weight excluding hydrogens is 427 g/mol. The Bertz CT molecular complexity index is 540. The van der Waals surface area contributed by atoms with Gasteiger partial charge in [-0.25, -0.2) is 0 Å². The van der Waals surface area contributed by atoms with Gasteiger partial charge in [-0.2, -0.15) is 39.5 Å². The molecule has 0 aromatic carbocycles. The molecule has 1 N–H and O–H groups in total. The molecule has 3 atom stereocenters. The quantitative estimate of drug-likeness (QED) is 0.456. The van der Waals surface area contributed by atoms with E-state index in [0.29, 0.717) is 13.8 Å². The summed E-state index contributed by atoms with van der Waals surface area (Å²) < 4.78 is 126. The minimum absolute atomic E-state index is 0.430. The van der Waals surface area contributed by atoms with Crippen molar-refractivity contribution in [2.45, 2.75) is 70.3 Å². The number of carboxylic acid groups (broad SMARTS) is 1. The SMILES string of the molecule is CCC(C)(OCCC(F)(F)F)C(COC(C)(C)C(C(=O)O)C(F)(F)F)C(F)(F)F. The summed E-state index contributed by atoms with van der Waals surface area (Å²) in [6.45, 7) is 0.876. The maximum absolute atomic E-state index is 13.5. The lowest BCUT2D eigenvalue weighted by molar-refractivity contribution is -0.273. The number of rotatable bonds is 10. The van der Waals surface area contributed by atoms with E-state index in [0.717, 1.165) is 6.92 Å². The number of ether oxygens (including phenoxy) is 2. The van der Waals surface area contributed by atoms with Gasteiger partial charge in [0.05, 0.1) is 30.8 Å². The van der Waals surface area contributed by atoms with E-state index in [1.807, 2.05) is 0 Å². The largest absolute Gasteiger partial charge is 0.481 e. The molecule has 0 bridgehead atoms. The van der Waals surface area contributed by atoms with Crippen molar-refractivity contribution in [2.75, 3.05) is 13.2 Å². The van der Waals surface area contributed by atoms with Gasteiger partial charge in [-0.3, -0.25) is 4.79 Å². The third-order valence-electron chi connectivity index (χ3n) is 4.54. The van der Waals surface area contributed by atoms with E-state index < -0.39 is 73.6 Å². The molecular formula is C16H23F9O4. The van der Waals surface area contributed by atoms with Crippen LogP contribution in [0.5, 0.6) is 0 Å². The Kier molecular flexibility index (Phi) is 8.88. The molecule has 0 aliphatic rings. The predicted octanol–water partition coefficient (Wildman–Crippen LogP) is 5.36. The summed E-state index contributed by atoms with van der Waals surface area (Å²) in [5.74, 6) is -8.07. The van der Waals surface area contributed by atoms with Crippen LogP contribution >= 0.6 is 0 Å². The van der Waals surface area contributed by atoms with Gasteiger partial charge in [0.25, 0.3) is 0 Å². The third-order valence-corrected chi connectivity index (χ3v) is 4.54. The van der Waals surface area contributed by atoms with Gasteiger partial charge in [0.2, 0.25) is 0 Å². The lowest BCUT2D eigenvalue weighted by atomic mass is 9.85. The molecule has 0 aromatic rings. The second-order valence-corrected chi connectivity index (χ2v) is 7.20. The Hall–Kier alpha value is -1.24. The molecule has 4 nitrogen and oxygen atoms in total. The molecule has 0 aromatic heterocycles. The molecule has 3 unspecified atom stereocenters. The highest BCUT2D eigenvalue weighted by atomic mass is 19.4. The van der Waals surface area contributed by atoms with Gasteiger partial charge < -0.3 is 14.6 Å². The van der Waals surface area contributed by atoms with Gasteiger partial charge >= 0.3 is 24.5 Å². The second-order valence-electron chi connectivity index (χ2n) is 7.20. The van der Waals surface area contributed by atoms with Gasteiger partial charge in [0.15, 0.2) is 5.92 Å². The summed E-state index contributed by atoms with van der Waals surface area (Å²) >= 11 is 0. The number of carbonyl (C=O) groups is 1. The molecule has 0 amide bonds. The third kappa shape index (κ3) is 8.57. The standard InChI is InChI=1S/C16H23F9O4/c1-5-13(4,28-7-6-14(17,18)19)9(15(20,21)22)8-29-12(2,3)10(11(26)27)16(23,24)25/h9-10H,5-8H2,1-4H3,(H,26,27). The minimum Gasteiger partial charge on any atom is -0.481 e. The number of hydrogen-bond acceptors (Lipinski definition) is 3. The van der Waals surface area contributed by atoms with Crippen molar-refractivity contribution in [3.8, 4) is 0 Å². The zero-order valence-corrected chi connectivity index (χ0v) is 16.1. The van der Waals surface area contributed by atoms with Crippen molar-refractivity contribution in [3.05, 3.63) is 0 Å². The number of alkyl halides is 9. The van der Waals surface area contributed by atoms with Crippen LogP contribution in [-0.4, -0.2) is 54.0 Å². The first-order valence-corrected chi connectivity index (χ1v) is 8.38. The van der Waals surface area contributed by atoms with Crippen LogP contribution in [0.15, 0.2) is 0 Å². The van der Waals surface area contributed by atoms with E-state index in [2.05, 4.69) is 0 Å². The molecule has 29 heavy (non-hydrogen) atoms. The normalized spacial score (nSPS) is 18.2. The Morgan fingerprint density at radius 3 is 1.69 bits per heavy atom. The summed E-state index contributed by atoms with van der Waals surface area (Å²) in [6.07, 6.45) is -17.0. The first kappa shape index (κ1) is 27.8. The molecule has 0 fully saturated rings. The van der Waals surface area contributed by atoms with Crippen LogP contribution in [0.25, 0.3) is 0 Å². The fourth-order valence-electron chi connectivity index (χ4n) is 2.68. The van der Waals surface area contributed by atoms with Gasteiger partial charge in [-0.05, 0) is 27.2 Å². The van der Waals surface area contributed by atoms with Crippen LogP contribution in [0.3, 0.4) is 0 Å².